The highest BCUT2D eigenvalue weighted by Gasteiger charge is 2.07. The third-order valence-corrected chi connectivity index (χ3v) is 3.36. The second kappa shape index (κ2) is 5.37. The van der Waals surface area contributed by atoms with Gasteiger partial charge in [0.05, 0.1) is 12.0 Å². The van der Waals surface area contributed by atoms with Gasteiger partial charge in [-0.3, -0.25) is 0 Å². The summed E-state index contributed by atoms with van der Waals surface area (Å²) >= 11 is 0. The fraction of sp³-hybridized carbons (Fsp3) is 0.235. The standard InChI is InChI=1S/C17H16O3/c1-2-3-10-19-12-8-9-14-13-6-4-5-7-15(13)17(18)20-16(14)11-12/h4-9,11H,2-3,10H2,1H3. The van der Waals surface area contributed by atoms with Crippen molar-refractivity contribution in [1.29, 1.82) is 0 Å². The summed E-state index contributed by atoms with van der Waals surface area (Å²) in [5, 5.41) is 2.46. The van der Waals surface area contributed by atoms with Gasteiger partial charge in [-0.15, -0.1) is 0 Å². The Balaban J connectivity index is 2.11. The number of hydrogen-bond acceptors (Lipinski definition) is 3. The molecule has 0 aliphatic heterocycles. The molecule has 0 N–H and O–H groups in total. The molecule has 102 valence electrons. The van der Waals surface area contributed by atoms with Gasteiger partial charge in [-0.2, -0.15) is 0 Å². The molecule has 3 rings (SSSR count). The molecule has 2 aromatic carbocycles. The Bertz CT molecular complexity index is 802. The first-order chi connectivity index (χ1) is 9.79. The SMILES string of the molecule is CCCCOc1ccc2c(c1)oc(=O)c1ccccc12. The molecule has 0 saturated carbocycles. The van der Waals surface area contributed by atoms with E-state index in [1.165, 1.54) is 0 Å². The van der Waals surface area contributed by atoms with Gasteiger partial charge < -0.3 is 9.15 Å². The van der Waals surface area contributed by atoms with E-state index in [9.17, 15) is 4.79 Å². The van der Waals surface area contributed by atoms with E-state index in [4.69, 9.17) is 9.15 Å². The molecule has 0 aliphatic carbocycles. The van der Waals surface area contributed by atoms with E-state index in [0.29, 0.717) is 17.6 Å². The van der Waals surface area contributed by atoms with Gasteiger partial charge in [-0.05, 0) is 30.0 Å². The molecule has 1 heterocycles. The van der Waals surface area contributed by atoms with Crippen molar-refractivity contribution in [2.45, 2.75) is 19.8 Å². The Morgan fingerprint density at radius 2 is 1.85 bits per heavy atom. The van der Waals surface area contributed by atoms with Gasteiger partial charge in [-0.25, -0.2) is 4.79 Å². The van der Waals surface area contributed by atoms with Crippen LogP contribution in [0.15, 0.2) is 51.7 Å². The van der Waals surface area contributed by atoms with Crippen molar-refractivity contribution in [2.24, 2.45) is 0 Å². The monoisotopic (exact) mass is 268 g/mol. The van der Waals surface area contributed by atoms with Gasteiger partial charge in [0.25, 0.3) is 0 Å². The lowest BCUT2D eigenvalue weighted by Crippen LogP contribution is -2.00. The molecule has 3 heteroatoms. The van der Waals surface area contributed by atoms with Crippen molar-refractivity contribution in [3.05, 3.63) is 52.9 Å². The third kappa shape index (κ3) is 2.27. The highest BCUT2D eigenvalue weighted by atomic mass is 16.5. The van der Waals surface area contributed by atoms with E-state index in [2.05, 4.69) is 6.92 Å². The molecule has 0 atom stereocenters. The Morgan fingerprint density at radius 1 is 1.05 bits per heavy atom. The van der Waals surface area contributed by atoms with Crippen LogP contribution in [-0.2, 0) is 0 Å². The summed E-state index contributed by atoms with van der Waals surface area (Å²) in [5.41, 5.74) is 0.265. The molecule has 0 amide bonds. The minimum absolute atomic E-state index is 0.307. The van der Waals surface area contributed by atoms with Gasteiger partial charge in [0.1, 0.15) is 11.3 Å². The van der Waals surface area contributed by atoms with Crippen molar-refractivity contribution in [3.8, 4) is 5.75 Å². The van der Waals surface area contributed by atoms with Crippen molar-refractivity contribution in [3.63, 3.8) is 0 Å². The second-order valence-electron chi connectivity index (χ2n) is 4.80. The second-order valence-corrected chi connectivity index (χ2v) is 4.80. The van der Waals surface area contributed by atoms with E-state index in [1.807, 2.05) is 30.3 Å². The van der Waals surface area contributed by atoms with E-state index in [-0.39, 0.29) is 5.63 Å². The maximum Gasteiger partial charge on any atom is 0.344 e. The highest BCUT2D eigenvalue weighted by Crippen LogP contribution is 2.26. The summed E-state index contributed by atoms with van der Waals surface area (Å²) in [5.74, 6) is 0.740. The van der Waals surface area contributed by atoms with Gasteiger partial charge in [0.2, 0.25) is 0 Å². The van der Waals surface area contributed by atoms with Crippen molar-refractivity contribution in [2.75, 3.05) is 6.61 Å². The minimum Gasteiger partial charge on any atom is -0.493 e. The average Bonchev–Trinajstić information content (AvgIpc) is 2.48. The lowest BCUT2D eigenvalue weighted by Gasteiger charge is -2.07. The number of fused-ring (bicyclic) bond motifs is 3. The number of benzene rings is 2. The predicted molar refractivity (Wildman–Crippen MR) is 80.4 cm³/mol. The zero-order valence-corrected chi connectivity index (χ0v) is 11.4. The number of rotatable bonds is 4. The van der Waals surface area contributed by atoms with Crippen molar-refractivity contribution in [1.82, 2.24) is 0 Å². The first kappa shape index (κ1) is 12.7. The Labute approximate surface area is 116 Å². The minimum atomic E-state index is -0.307. The van der Waals surface area contributed by atoms with Crippen molar-refractivity contribution >= 4 is 21.7 Å². The normalized spacial score (nSPS) is 11.1. The molecule has 0 radical (unpaired) electrons. The average molecular weight is 268 g/mol. The summed E-state index contributed by atoms with van der Waals surface area (Å²) in [6.07, 6.45) is 2.10. The van der Waals surface area contributed by atoms with Crippen LogP contribution in [0, 0.1) is 0 Å². The molecule has 0 aliphatic rings. The molecule has 20 heavy (non-hydrogen) atoms. The summed E-state index contributed by atoms with van der Waals surface area (Å²) in [4.78, 5) is 12.0. The van der Waals surface area contributed by atoms with Gasteiger partial charge in [0, 0.05) is 11.5 Å². The lowest BCUT2D eigenvalue weighted by atomic mass is 10.1. The smallest absolute Gasteiger partial charge is 0.344 e. The Hall–Kier alpha value is -2.29. The zero-order valence-electron chi connectivity index (χ0n) is 11.4. The highest BCUT2D eigenvalue weighted by molar-refractivity contribution is 6.04. The van der Waals surface area contributed by atoms with E-state index < -0.39 is 0 Å². The number of hydrogen-bond donors (Lipinski definition) is 0. The topological polar surface area (TPSA) is 39.4 Å². The van der Waals surface area contributed by atoms with Crippen LogP contribution in [-0.4, -0.2) is 6.61 Å². The van der Waals surface area contributed by atoms with Gasteiger partial charge >= 0.3 is 5.63 Å². The van der Waals surface area contributed by atoms with Crippen LogP contribution < -0.4 is 10.4 Å². The Morgan fingerprint density at radius 3 is 2.65 bits per heavy atom. The molecular weight excluding hydrogens is 252 g/mol. The number of unbranched alkanes of at least 4 members (excludes halogenated alkanes) is 1. The van der Waals surface area contributed by atoms with E-state index >= 15 is 0 Å². The fourth-order valence-electron chi connectivity index (χ4n) is 2.28. The predicted octanol–water partition coefficient (Wildman–Crippen LogP) is 4.13. The fourth-order valence-corrected chi connectivity index (χ4v) is 2.28. The third-order valence-electron chi connectivity index (χ3n) is 3.36. The first-order valence-electron chi connectivity index (χ1n) is 6.88. The van der Waals surface area contributed by atoms with Crippen LogP contribution in [0.1, 0.15) is 19.8 Å². The maximum atomic E-state index is 12.0. The van der Waals surface area contributed by atoms with Crippen molar-refractivity contribution < 1.29 is 9.15 Å². The summed E-state index contributed by atoms with van der Waals surface area (Å²) in [6, 6.07) is 13.1. The molecule has 1 aromatic heterocycles. The van der Waals surface area contributed by atoms with Crippen LogP contribution in [0.25, 0.3) is 21.7 Å². The van der Waals surface area contributed by atoms with Crippen LogP contribution in [0.2, 0.25) is 0 Å². The van der Waals surface area contributed by atoms with Crippen LogP contribution in [0.4, 0.5) is 0 Å². The molecule has 0 saturated heterocycles. The summed E-state index contributed by atoms with van der Waals surface area (Å²) < 4.78 is 11.0. The van der Waals surface area contributed by atoms with Crippen LogP contribution in [0.3, 0.4) is 0 Å². The van der Waals surface area contributed by atoms with Gasteiger partial charge in [-0.1, -0.05) is 31.5 Å². The number of ether oxygens (including phenoxy) is 1. The molecule has 0 fully saturated rings. The quantitative estimate of drug-likeness (QED) is 0.406. The summed E-state index contributed by atoms with van der Waals surface area (Å²) in [7, 11) is 0. The molecule has 0 unspecified atom stereocenters. The lowest BCUT2D eigenvalue weighted by molar-refractivity contribution is 0.309. The maximum absolute atomic E-state index is 12.0. The Kier molecular flexibility index (Phi) is 3.42. The van der Waals surface area contributed by atoms with E-state index in [1.54, 1.807) is 12.1 Å². The molecule has 0 bridgehead atoms. The largest absolute Gasteiger partial charge is 0.493 e. The molecular formula is C17H16O3. The summed E-state index contributed by atoms with van der Waals surface area (Å²) in [6.45, 7) is 2.80. The van der Waals surface area contributed by atoms with Gasteiger partial charge in [0.15, 0.2) is 0 Å². The van der Waals surface area contributed by atoms with Crippen LogP contribution >= 0.6 is 0 Å². The van der Waals surface area contributed by atoms with E-state index in [0.717, 1.165) is 29.4 Å². The first-order valence-corrected chi connectivity index (χ1v) is 6.88. The molecule has 0 spiro atoms. The zero-order chi connectivity index (χ0) is 13.9. The molecule has 3 aromatic rings. The molecule has 3 nitrogen and oxygen atoms in total. The van der Waals surface area contributed by atoms with Crippen LogP contribution in [0.5, 0.6) is 5.75 Å².